The fourth-order valence-corrected chi connectivity index (χ4v) is 1.91. The van der Waals surface area contributed by atoms with Gasteiger partial charge in [0, 0.05) is 19.2 Å². The van der Waals surface area contributed by atoms with E-state index in [2.05, 4.69) is 15.3 Å². The van der Waals surface area contributed by atoms with Crippen LogP contribution in [0.5, 0.6) is 0 Å². The average Bonchev–Trinajstić information content (AvgIpc) is 2.81. The molecule has 2 rings (SSSR count). The number of amides is 1. The highest BCUT2D eigenvalue weighted by Gasteiger charge is 2.23. The molecular weight excluding hydrogens is 223 g/mol. The molecule has 92 valence electrons. The molecule has 1 amide bonds. The van der Waals surface area contributed by atoms with Gasteiger partial charge in [-0.1, -0.05) is 0 Å². The van der Waals surface area contributed by atoms with Gasteiger partial charge in [-0.3, -0.25) is 4.79 Å². The molecule has 1 fully saturated rings. The molecule has 6 heteroatoms. The van der Waals surface area contributed by atoms with Crippen molar-refractivity contribution in [1.82, 2.24) is 14.9 Å². The zero-order valence-electron chi connectivity index (χ0n) is 9.69. The van der Waals surface area contributed by atoms with Crippen LogP contribution in [0.3, 0.4) is 0 Å². The summed E-state index contributed by atoms with van der Waals surface area (Å²) in [5.41, 5.74) is 0. The number of halogens is 1. The smallest absolute Gasteiger partial charge is 0.244 e. The fraction of sp³-hybridized carbons (Fsp3) is 0.545. The van der Waals surface area contributed by atoms with Crippen molar-refractivity contribution >= 4 is 11.7 Å². The van der Waals surface area contributed by atoms with Gasteiger partial charge in [0.25, 0.3) is 0 Å². The number of carbonyl (C=O) groups excluding carboxylic acids is 1. The van der Waals surface area contributed by atoms with Crippen LogP contribution in [0.25, 0.3) is 0 Å². The molecule has 1 unspecified atom stereocenters. The maximum absolute atomic E-state index is 12.8. The maximum atomic E-state index is 12.8. The van der Waals surface area contributed by atoms with Crippen LogP contribution in [0.15, 0.2) is 12.4 Å². The van der Waals surface area contributed by atoms with Gasteiger partial charge in [-0.15, -0.1) is 0 Å². The van der Waals surface area contributed by atoms with E-state index in [0.717, 1.165) is 32.3 Å². The molecule has 1 saturated heterocycles. The van der Waals surface area contributed by atoms with Crippen molar-refractivity contribution in [2.45, 2.75) is 25.8 Å². The first-order valence-corrected chi connectivity index (χ1v) is 5.69. The van der Waals surface area contributed by atoms with Crippen LogP contribution >= 0.6 is 0 Å². The predicted octanol–water partition coefficient (Wildman–Crippen LogP) is 1.04. The Labute approximate surface area is 99.1 Å². The molecule has 0 aliphatic carbocycles. The summed E-state index contributed by atoms with van der Waals surface area (Å²) in [7, 11) is 0. The van der Waals surface area contributed by atoms with Crippen molar-refractivity contribution < 1.29 is 9.18 Å². The Balaban J connectivity index is 1.96. The number of rotatable bonds is 3. The lowest BCUT2D eigenvalue weighted by atomic mass is 10.3. The summed E-state index contributed by atoms with van der Waals surface area (Å²) in [5, 5.41) is 2.88. The number of carbonyl (C=O) groups is 1. The lowest BCUT2D eigenvalue weighted by Crippen LogP contribution is -2.39. The first-order chi connectivity index (χ1) is 8.16. The van der Waals surface area contributed by atoms with Gasteiger partial charge in [0.2, 0.25) is 11.9 Å². The quantitative estimate of drug-likeness (QED) is 0.799. The van der Waals surface area contributed by atoms with E-state index in [1.54, 1.807) is 6.92 Å². The molecule has 0 bridgehead atoms. The number of aromatic nitrogens is 2. The first-order valence-electron chi connectivity index (χ1n) is 5.69. The first kappa shape index (κ1) is 11.8. The van der Waals surface area contributed by atoms with Crippen molar-refractivity contribution in [1.29, 1.82) is 0 Å². The molecule has 1 aromatic rings. The average molecular weight is 238 g/mol. The normalized spacial score (nSPS) is 16.9. The summed E-state index contributed by atoms with van der Waals surface area (Å²) in [5.74, 6) is -0.248. The minimum Gasteiger partial charge on any atom is -0.358 e. The van der Waals surface area contributed by atoms with E-state index in [1.807, 2.05) is 4.90 Å². The second kappa shape index (κ2) is 5.07. The molecule has 1 aromatic heterocycles. The Hall–Kier alpha value is -1.72. The zero-order valence-corrected chi connectivity index (χ0v) is 9.69. The lowest BCUT2D eigenvalue weighted by Gasteiger charge is -2.21. The van der Waals surface area contributed by atoms with E-state index in [9.17, 15) is 9.18 Å². The molecule has 0 radical (unpaired) electrons. The van der Waals surface area contributed by atoms with E-state index in [1.165, 1.54) is 6.07 Å². The fourth-order valence-electron chi connectivity index (χ4n) is 1.91. The standard InChI is InChI=1S/C11H15FN4O/c1-8(11(17)16-4-2-3-5-16)15-10-6-9(12)13-7-14-10/h6-8H,2-5H2,1H3,(H,13,14,15). The van der Waals surface area contributed by atoms with Crippen molar-refractivity contribution in [3.8, 4) is 0 Å². The van der Waals surface area contributed by atoms with E-state index in [0.29, 0.717) is 5.82 Å². The SMILES string of the molecule is CC(Nc1cc(F)ncn1)C(=O)N1CCCC1. The third-order valence-corrected chi connectivity index (χ3v) is 2.79. The van der Waals surface area contributed by atoms with Gasteiger partial charge in [-0.2, -0.15) is 4.39 Å². The second-order valence-corrected chi connectivity index (χ2v) is 4.12. The maximum Gasteiger partial charge on any atom is 0.244 e. The van der Waals surface area contributed by atoms with Gasteiger partial charge in [0.15, 0.2) is 0 Å². The lowest BCUT2D eigenvalue weighted by molar-refractivity contribution is -0.130. The molecule has 1 atom stereocenters. The van der Waals surface area contributed by atoms with Crippen molar-refractivity contribution in [2.75, 3.05) is 18.4 Å². The predicted molar refractivity (Wildman–Crippen MR) is 60.9 cm³/mol. The second-order valence-electron chi connectivity index (χ2n) is 4.12. The Morgan fingerprint density at radius 1 is 1.47 bits per heavy atom. The van der Waals surface area contributed by atoms with Crippen molar-refractivity contribution in [3.63, 3.8) is 0 Å². The van der Waals surface area contributed by atoms with Crippen LogP contribution in [-0.4, -0.2) is 39.9 Å². The number of anilines is 1. The highest BCUT2D eigenvalue weighted by Crippen LogP contribution is 2.11. The molecule has 1 aliphatic heterocycles. The number of nitrogens with one attached hydrogen (secondary N) is 1. The summed E-state index contributed by atoms with van der Waals surface area (Å²) in [6, 6.07) is 0.774. The van der Waals surface area contributed by atoms with Gasteiger partial charge < -0.3 is 10.2 Å². The van der Waals surface area contributed by atoms with Gasteiger partial charge in [-0.05, 0) is 19.8 Å². The highest BCUT2D eigenvalue weighted by atomic mass is 19.1. The summed E-state index contributed by atoms with van der Waals surface area (Å²) in [6.07, 6.45) is 3.24. The van der Waals surface area contributed by atoms with Crippen LogP contribution in [0.2, 0.25) is 0 Å². The van der Waals surface area contributed by atoms with Crippen LogP contribution in [0.1, 0.15) is 19.8 Å². The van der Waals surface area contributed by atoms with E-state index < -0.39 is 12.0 Å². The van der Waals surface area contributed by atoms with Gasteiger partial charge >= 0.3 is 0 Å². The van der Waals surface area contributed by atoms with Crippen molar-refractivity contribution in [3.05, 3.63) is 18.3 Å². The molecule has 0 aromatic carbocycles. The minimum atomic E-state index is -0.608. The molecule has 2 heterocycles. The Morgan fingerprint density at radius 2 is 2.18 bits per heavy atom. The number of likely N-dealkylation sites (tertiary alicyclic amines) is 1. The van der Waals surface area contributed by atoms with Crippen molar-refractivity contribution in [2.24, 2.45) is 0 Å². The summed E-state index contributed by atoms with van der Waals surface area (Å²) >= 11 is 0. The molecule has 17 heavy (non-hydrogen) atoms. The number of hydrogen-bond acceptors (Lipinski definition) is 4. The molecular formula is C11H15FN4O. The third kappa shape index (κ3) is 2.89. The summed E-state index contributed by atoms with van der Waals surface area (Å²) in [4.78, 5) is 21.0. The molecule has 1 aliphatic rings. The van der Waals surface area contributed by atoms with Crippen LogP contribution in [0, 0.1) is 5.95 Å². The largest absolute Gasteiger partial charge is 0.358 e. The number of hydrogen-bond donors (Lipinski definition) is 1. The third-order valence-electron chi connectivity index (χ3n) is 2.79. The van der Waals surface area contributed by atoms with Crippen LogP contribution in [0.4, 0.5) is 10.2 Å². The van der Waals surface area contributed by atoms with Crippen LogP contribution in [-0.2, 0) is 4.79 Å². The van der Waals surface area contributed by atoms with Gasteiger partial charge in [0.05, 0.1) is 0 Å². The monoisotopic (exact) mass is 238 g/mol. The highest BCUT2D eigenvalue weighted by molar-refractivity contribution is 5.84. The molecule has 0 saturated carbocycles. The zero-order chi connectivity index (χ0) is 12.3. The van der Waals surface area contributed by atoms with E-state index in [4.69, 9.17) is 0 Å². The summed E-state index contributed by atoms with van der Waals surface area (Å²) in [6.45, 7) is 3.37. The summed E-state index contributed by atoms with van der Waals surface area (Å²) < 4.78 is 12.8. The van der Waals surface area contributed by atoms with Crippen LogP contribution < -0.4 is 5.32 Å². The molecule has 5 nitrogen and oxygen atoms in total. The Kier molecular flexibility index (Phi) is 3.51. The topological polar surface area (TPSA) is 58.1 Å². The van der Waals surface area contributed by atoms with Gasteiger partial charge in [0.1, 0.15) is 18.2 Å². The number of nitrogens with zero attached hydrogens (tertiary/aromatic N) is 3. The minimum absolute atomic E-state index is 0.0292. The van der Waals surface area contributed by atoms with Gasteiger partial charge in [-0.25, -0.2) is 9.97 Å². The molecule has 1 N–H and O–H groups in total. The van der Waals surface area contributed by atoms with E-state index in [-0.39, 0.29) is 5.91 Å². The Morgan fingerprint density at radius 3 is 2.82 bits per heavy atom. The Bertz CT molecular complexity index is 406. The molecule has 0 spiro atoms. The van der Waals surface area contributed by atoms with E-state index >= 15 is 0 Å².